The van der Waals surface area contributed by atoms with E-state index in [9.17, 15) is 0 Å². The lowest BCUT2D eigenvalue weighted by molar-refractivity contribution is 0.218. The Kier molecular flexibility index (Phi) is 5.69. The molecule has 6 heteroatoms. The maximum Gasteiger partial charge on any atom is 0.128 e. The Balaban J connectivity index is 1.41. The largest absolute Gasteiger partial charge is 0.489 e. The molecule has 0 radical (unpaired) electrons. The SMILES string of the molecule is Cc1nc(-c2ccccc2OCCOc2ccccc2-c2csc(C)n2)cs1. The molecule has 28 heavy (non-hydrogen) atoms. The average Bonchev–Trinajstić information content (AvgIpc) is 3.34. The molecule has 0 aliphatic rings. The Morgan fingerprint density at radius 1 is 0.679 bits per heavy atom. The molecule has 0 amide bonds. The van der Waals surface area contributed by atoms with Crippen LogP contribution in [-0.4, -0.2) is 23.2 Å². The van der Waals surface area contributed by atoms with Crippen molar-refractivity contribution < 1.29 is 9.47 Å². The summed E-state index contributed by atoms with van der Waals surface area (Å²) in [5, 5.41) is 6.20. The van der Waals surface area contributed by atoms with E-state index in [1.54, 1.807) is 22.7 Å². The van der Waals surface area contributed by atoms with E-state index in [1.807, 2.05) is 62.4 Å². The molecule has 2 aromatic carbocycles. The van der Waals surface area contributed by atoms with E-state index >= 15 is 0 Å². The smallest absolute Gasteiger partial charge is 0.128 e. The summed E-state index contributed by atoms with van der Waals surface area (Å²) in [5.41, 5.74) is 3.90. The number of hydrogen-bond donors (Lipinski definition) is 0. The van der Waals surface area contributed by atoms with Gasteiger partial charge in [0.2, 0.25) is 0 Å². The fraction of sp³-hybridized carbons (Fsp3) is 0.182. The highest BCUT2D eigenvalue weighted by Gasteiger charge is 2.11. The zero-order valence-corrected chi connectivity index (χ0v) is 17.3. The van der Waals surface area contributed by atoms with Crippen molar-refractivity contribution in [3.8, 4) is 34.0 Å². The zero-order valence-electron chi connectivity index (χ0n) is 15.7. The molecule has 0 fully saturated rings. The number of rotatable bonds is 7. The third-order valence-electron chi connectivity index (χ3n) is 4.16. The number of benzene rings is 2. The van der Waals surface area contributed by atoms with Gasteiger partial charge in [-0.15, -0.1) is 22.7 Å². The number of aromatic nitrogens is 2. The predicted molar refractivity (Wildman–Crippen MR) is 116 cm³/mol. The maximum absolute atomic E-state index is 6.00. The Bertz CT molecular complexity index is 986. The van der Waals surface area contributed by atoms with E-state index in [2.05, 4.69) is 20.7 Å². The predicted octanol–water partition coefficient (Wildman–Crippen LogP) is 6.01. The summed E-state index contributed by atoms with van der Waals surface area (Å²) < 4.78 is 12.0. The number of para-hydroxylation sites is 2. The first-order chi connectivity index (χ1) is 13.7. The van der Waals surface area contributed by atoms with Gasteiger partial charge in [-0.3, -0.25) is 0 Å². The summed E-state index contributed by atoms with van der Waals surface area (Å²) in [7, 11) is 0. The Labute approximate surface area is 172 Å². The summed E-state index contributed by atoms with van der Waals surface area (Å²) in [6, 6.07) is 15.9. The van der Waals surface area contributed by atoms with Crippen molar-refractivity contribution in [2.75, 3.05) is 13.2 Å². The van der Waals surface area contributed by atoms with Crippen LogP contribution in [0.15, 0.2) is 59.3 Å². The molecule has 0 saturated heterocycles. The van der Waals surface area contributed by atoms with Crippen LogP contribution in [0, 0.1) is 13.8 Å². The first-order valence-electron chi connectivity index (χ1n) is 8.99. The van der Waals surface area contributed by atoms with Crippen molar-refractivity contribution in [3.05, 3.63) is 69.3 Å². The number of ether oxygens (including phenoxy) is 2. The van der Waals surface area contributed by atoms with Gasteiger partial charge >= 0.3 is 0 Å². The number of nitrogens with zero attached hydrogens (tertiary/aromatic N) is 2. The highest BCUT2D eigenvalue weighted by atomic mass is 32.1. The summed E-state index contributed by atoms with van der Waals surface area (Å²) in [6.45, 7) is 4.91. The highest BCUT2D eigenvalue weighted by Crippen LogP contribution is 2.32. The molecular weight excluding hydrogens is 388 g/mol. The molecule has 4 aromatic rings. The monoisotopic (exact) mass is 408 g/mol. The molecular formula is C22H20N2O2S2. The number of thiazole rings is 2. The lowest BCUT2D eigenvalue weighted by atomic mass is 10.1. The molecule has 0 aliphatic heterocycles. The molecule has 2 heterocycles. The highest BCUT2D eigenvalue weighted by molar-refractivity contribution is 7.10. The minimum absolute atomic E-state index is 0.449. The lowest BCUT2D eigenvalue weighted by Crippen LogP contribution is -2.10. The second-order valence-electron chi connectivity index (χ2n) is 6.19. The van der Waals surface area contributed by atoms with Gasteiger partial charge in [-0.05, 0) is 38.1 Å². The van der Waals surface area contributed by atoms with Crippen LogP contribution >= 0.6 is 22.7 Å². The quantitative estimate of drug-likeness (QED) is 0.351. The van der Waals surface area contributed by atoms with Gasteiger partial charge in [-0.2, -0.15) is 0 Å². The van der Waals surface area contributed by atoms with Gasteiger partial charge < -0.3 is 9.47 Å². The van der Waals surface area contributed by atoms with E-state index in [0.717, 1.165) is 44.0 Å². The van der Waals surface area contributed by atoms with E-state index in [1.165, 1.54) is 0 Å². The average molecular weight is 409 g/mol. The van der Waals surface area contributed by atoms with Gasteiger partial charge in [0, 0.05) is 21.9 Å². The van der Waals surface area contributed by atoms with Crippen LogP contribution in [0.25, 0.3) is 22.5 Å². The van der Waals surface area contributed by atoms with Crippen molar-refractivity contribution in [2.45, 2.75) is 13.8 Å². The molecule has 142 valence electrons. The first-order valence-corrected chi connectivity index (χ1v) is 10.8. The Morgan fingerprint density at radius 3 is 1.50 bits per heavy atom. The second-order valence-corrected chi connectivity index (χ2v) is 8.32. The van der Waals surface area contributed by atoms with Gasteiger partial charge in [-0.1, -0.05) is 24.3 Å². The van der Waals surface area contributed by atoms with Crippen molar-refractivity contribution >= 4 is 22.7 Å². The van der Waals surface area contributed by atoms with Crippen LogP contribution in [0.1, 0.15) is 10.0 Å². The summed E-state index contributed by atoms with van der Waals surface area (Å²) in [5.74, 6) is 1.64. The van der Waals surface area contributed by atoms with Crippen LogP contribution in [0.2, 0.25) is 0 Å². The Morgan fingerprint density at radius 2 is 1.11 bits per heavy atom. The van der Waals surface area contributed by atoms with Gasteiger partial charge in [0.15, 0.2) is 0 Å². The van der Waals surface area contributed by atoms with E-state index in [-0.39, 0.29) is 0 Å². The van der Waals surface area contributed by atoms with Crippen LogP contribution in [-0.2, 0) is 0 Å². The molecule has 0 aliphatic carbocycles. The van der Waals surface area contributed by atoms with Gasteiger partial charge in [0.1, 0.15) is 24.7 Å². The second kappa shape index (κ2) is 8.54. The molecule has 0 N–H and O–H groups in total. The molecule has 0 atom stereocenters. The van der Waals surface area contributed by atoms with Crippen molar-refractivity contribution in [1.29, 1.82) is 0 Å². The van der Waals surface area contributed by atoms with Crippen molar-refractivity contribution in [3.63, 3.8) is 0 Å². The summed E-state index contributed by atoms with van der Waals surface area (Å²) >= 11 is 3.28. The summed E-state index contributed by atoms with van der Waals surface area (Å²) in [6.07, 6.45) is 0. The summed E-state index contributed by atoms with van der Waals surface area (Å²) in [4.78, 5) is 9.13. The third-order valence-corrected chi connectivity index (χ3v) is 5.71. The minimum Gasteiger partial charge on any atom is -0.489 e. The minimum atomic E-state index is 0.449. The molecule has 0 spiro atoms. The maximum atomic E-state index is 6.00. The molecule has 4 rings (SSSR count). The van der Waals surface area contributed by atoms with E-state index in [0.29, 0.717) is 13.2 Å². The topological polar surface area (TPSA) is 44.2 Å². The van der Waals surface area contributed by atoms with Crippen molar-refractivity contribution in [2.24, 2.45) is 0 Å². The Hall–Kier alpha value is -2.70. The van der Waals surface area contributed by atoms with Crippen LogP contribution in [0.4, 0.5) is 0 Å². The van der Waals surface area contributed by atoms with E-state index < -0.39 is 0 Å². The third kappa shape index (κ3) is 4.24. The van der Waals surface area contributed by atoms with Crippen LogP contribution < -0.4 is 9.47 Å². The van der Waals surface area contributed by atoms with Crippen molar-refractivity contribution in [1.82, 2.24) is 9.97 Å². The van der Waals surface area contributed by atoms with Gasteiger partial charge in [0.25, 0.3) is 0 Å². The first kappa shape index (κ1) is 18.7. The van der Waals surface area contributed by atoms with Crippen LogP contribution in [0.3, 0.4) is 0 Å². The number of hydrogen-bond acceptors (Lipinski definition) is 6. The normalized spacial score (nSPS) is 10.8. The zero-order chi connectivity index (χ0) is 19.3. The van der Waals surface area contributed by atoms with E-state index in [4.69, 9.17) is 9.47 Å². The van der Waals surface area contributed by atoms with Crippen LogP contribution in [0.5, 0.6) is 11.5 Å². The molecule has 0 unspecified atom stereocenters. The van der Waals surface area contributed by atoms with Gasteiger partial charge in [-0.25, -0.2) is 9.97 Å². The molecule has 0 bridgehead atoms. The lowest BCUT2D eigenvalue weighted by Gasteiger charge is -2.13. The molecule has 4 nitrogen and oxygen atoms in total. The fourth-order valence-corrected chi connectivity index (χ4v) is 4.11. The molecule has 2 aromatic heterocycles. The fourth-order valence-electron chi connectivity index (χ4n) is 2.89. The van der Waals surface area contributed by atoms with Gasteiger partial charge in [0.05, 0.1) is 21.4 Å². The molecule has 0 saturated carbocycles. The number of aryl methyl sites for hydroxylation is 2. The standard InChI is InChI=1S/C22H20N2O2S2/c1-15-23-19(13-27-15)17-7-3-5-9-21(17)25-11-12-26-22-10-6-4-8-18(22)20-14-28-16(2)24-20/h3-10,13-14H,11-12H2,1-2H3.